The maximum atomic E-state index is 9.66. The summed E-state index contributed by atoms with van der Waals surface area (Å²) in [6, 6.07) is 13.4. The first-order valence-electron chi connectivity index (χ1n) is 5.24. The molecule has 0 radical (unpaired) electrons. The van der Waals surface area contributed by atoms with Crippen LogP contribution in [0.5, 0.6) is 5.75 Å². The second-order valence-electron chi connectivity index (χ2n) is 3.80. The minimum atomic E-state index is 0.255. The fourth-order valence-electron chi connectivity index (χ4n) is 1.45. The zero-order valence-corrected chi connectivity index (χ0v) is 11.5. The summed E-state index contributed by atoms with van der Waals surface area (Å²) in [7, 11) is 0. The minimum Gasteiger partial charge on any atom is -0.507 e. The Morgan fingerprint density at radius 3 is 2.53 bits per heavy atom. The molecule has 2 rings (SSSR count). The van der Waals surface area contributed by atoms with E-state index in [1.54, 1.807) is 12.3 Å². The van der Waals surface area contributed by atoms with Gasteiger partial charge >= 0.3 is 0 Å². The second-order valence-corrected chi connectivity index (χ2v) is 5.04. The number of phenolic OH excluding ortho intramolecular Hbond substituents is 1. The van der Waals surface area contributed by atoms with Gasteiger partial charge in [-0.3, -0.25) is 4.99 Å². The van der Waals surface area contributed by atoms with Crippen LogP contribution >= 0.6 is 22.6 Å². The van der Waals surface area contributed by atoms with Crippen molar-refractivity contribution in [2.75, 3.05) is 0 Å². The molecular weight excluding hydrogens is 325 g/mol. The number of nitrogens with zero attached hydrogens (tertiary/aromatic N) is 1. The monoisotopic (exact) mass is 337 g/mol. The van der Waals surface area contributed by atoms with Gasteiger partial charge in [0.05, 0.1) is 5.69 Å². The highest BCUT2D eigenvalue weighted by atomic mass is 127. The van der Waals surface area contributed by atoms with Crippen LogP contribution in [0.25, 0.3) is 0 Å². The van der Waals surface area contributed by atoms with Crippen LogP contribution in [0.2, 0.25) is 0 Å². The molecule has 0 spiro atoms. The van der Waals surface area contributed by atoms with Crippen molar-refractivity contribution < 1.29 is 5.11 Å². The molecule has 0 bridgehead atoms. The Morgan fingerprint density at radius 2 is 1.82 bits per heavy atom. The largest absolute Gasteiger partial charge is 0.507 e. The normalized spacial score (nSPS) is 10.9. The number of aryl methyl sites for hydroxylation is 1. The van der Waals surface area contributed by atoms with E-state index in [0.717, 1.165) is 16.8 Å². The molecule has 0 saturated heterocycles. The summed E-state index contributed by atoms with van der Waals surface area (Å²) in [5, 5.41) is 9.66. The molecule has 0 unspecified atom stereocenters. The fraction of sp³-hybridized carbons (Fsp3) is 0.0714. The lowest BCUT2D eigenvalue weighted by atomic mass is 10.1. The molecule has 0 aromatic heterocycles. The number of halogens is 1. The Balaban J connectivity index is 2.25. The van der Waals surface area contributed by atoms with E-state index >= 15 is 0 Å². The zero-order chi connectivity index (χ0) is 12.3. The van der Waals surface area contributed by atoms with Crippen molar-refractivity contribution in [2.24, 2.45) is 4.99 Å². The predicted molar refractivity (Wildman–Crippen MR) is 79.3 cm³/mol. The van der Waals surface area contributed by atoms with Crippen LogP contribution in [0.1, 0.15) is 11.1 Å². The Hall–Kier alpha value is -1.36. The Bertz CT molecular complexity index is 547. The summed E-state index contributed by atoms with van der Waals surface area (Å²) in [5.74, 6) is 0.255. The van der Waals surface area contributed by atoms with Gasteiger partial charge in [0.2, 0.25) is 0 Å². The summed E-state index contributed by atoms with van der Waals surface area (Å²) in [6.45, 7) is 1.99. The van der Waals surface area contributed by atoms with Gasteiger partial charge in [0.15, 0.2) is 0 Å². The smallest absolute Gasteiger partial charge is 0.124 e. The number of aromatic hydroxyl groups is 1. The molecule has 0 aliphatic carbocycles. The van der Waals surface area contributed by atoms with Gasteiger partial charge in [0.1, 0.15) is 5.75 Å². The molecule has 0 aliphatic heterocycles. The molecule has 0 aliphatic rings. The van der Waals surface area contributed by atoms with Crippen molar-refractivity contribution in [3.05, 3.63) is 57.2 Å². The van der Waals surface area contributed by atoms with Crippen molar-refractivity contribution >= 4 is 34.5 Å². The van der Waals surface area contributed by atoms with Crippen molar-refractivity contribution in [3.8, 4) is 5.75 Å². The summed E-state index contributed by atoms with van der Waals surface area (Å²) in [6.07, 6.45) is 1.69. The molecule has 0 heterocycles. The van der Waals surface area contributed by atoms with E-state index in [1.165, 1.54) is 3.57 Å². The lowest BCUT2D eigenvalue weighted by molar-refractivity contribution is 0.474. The zero-order valence-electron chi connectivity index (χ0n) is 9.39. The lowest BCUT2D eigenvalue weighted by Crippen LogP contribution is -1.83. The highest BCUT2D eigenvalue weighted by Gasteiger charge is 1.97. The molecule has 0 atom stereocenters. The van der Waals surface area contributed by atoms with Gasteiger partial charge in [-0.1, -0.05) is 11.6 Å². The average Bonchev–Trinajstić information content (AvgIpc) is 2.32. The number of aliphatic imine (C=N–C) groups is 1. The Labute approximate surface area is 114 Å². The van der Waals surface area contributed by atoms with Crippen molar-refractivity contribution in [3.63, 3.8) is 0 Å². The first-order chi connectivity index (χ1) is 8.15. The molecule has 2 aromatic carbocycles. The van der Waals surface area contributed by atoms with Crippen LogP contribution in [-0.4, -0.2) is 11.3 Å². The number of hydrogen-bond donors (Lipinski definition) is 1. The second kappa shape index (κ2) is 5.31. The van der Waals surface area contributed by atoms with Gasteiger partial charge in [-0.25, -0.2) is 0 Å². The third-order valence-corrected chi connectivity index (χ3v) is 3.08. The number of rotatable bonds is 2. The van der Waals surface area contributed by atoms with E-state index in [2.05, 4.69) is 27.6 Å². The van der Waals surface area contributed by atoms with Crippen LogP contribution in [-0.2, 0) is 0 Å². The van der Waals surface area contributed by atoms with Gasteiger partial charge in [-0.05, 0) is 65.9 Å². The quantitative estimate of drug-likeness (QED) is 0.651. The summed E-state index contributed by atoms with van der Waals surface area (Å²) < 4.78 is 1.18. The van der Waals surface area contributed by atoms with Crippen LogP contribution in [0.4, 0.5) is 5.69 Å². The van der Waals surface area contributed by atoms with E-state index in [9.17, 15) is 5.11 Å². The van der Waals surface area contributed by atoms with Gasteiger partial charge in [0, 0.05) is 15.3 Å². The van der Waals surface area contributed by atoms with Crippen LogP contribution in [0.3, 0.4) is 0 Å². The number of hydrogen-bond acceptors (Lipinski definition) is 2. The minimum absolute atomic E-state index is 0.255. The van der Waals surface area contributed by atoms with Gasteiger partial charge in [-0.2, -0.15) is 0 Å². The van der Waals surface area contributed by atoms with E-state index in [-0.39, 0.29) is 5.75 Å². The van der Waals surface area contributed by atoms with Crippen LogP contribution < -0.4 is 0 Å². The van der Waals surface area contributed by atoms with Crippen molar-refractivity contribution in [2.45, 2.75) is 6.92 Å². The molecule has 1 N–H and O–H groups in total. The summed E-state index contributed by atoms with van der Waals surface area (Å²) >= 11 is 2.25. The molecule has 2 aromatic rings. The SMILES string of the molecule is Cc1ccc(O)c(C=Nc2ccc(I)cc2)c1. The Kier molecular flexibility index (Phi) is 3.78. The van der Waals surface area contributed by atoms with E-state index in [1.807, 2.05) is 43.3 Å². The highest BCUT2D eigenvalue weighted by Crippen LogP contribution is 2.18. The maximum absolute atomic E-state index is 9.66. The first-order valence-corrected chi connectivity index (χ1v) is 6.32. The summed E-state index contributed by atoms with van der Waals surface area (Å²) in [5.41, 5.74) is 2.72. The molecule has 0 amide bonds. The van der Waals surface area contributed by atoms with E-state index in [0.29, 0.717) is 0 Å². The van der Waals surface area contributed by atoms with Gasteiger partial charge in [0.25, 0.3) is 0 Å². The van der Waals surface area contributed by atoms with Gasteiger partial charge < -0.3 is 5.11 Å². The molecule has 0 fully saturated rings. The predicted octanol–water partition coefficient (Wildman–Crippen LogP) is 4.06. The summed E-state index contributed by atoms with van der Waals surface area (Å²) in [4.78, 5) is 4.33. The third-order valence-electron chi connectivity index (χ3n) is 2.36. The highest BCUT2D eigenvalue weighted by molar-refractivity contribution is 14.1. The van der Waals surface area contributed by atoms with E-state index in [4.69, 9.17) is 0 Å². The van der Waals surface area contributed by atoms with Crippen LogP contribution in [0, 0.1) is 10.5 Å². The maximum Gasteiger partial charge on any atom is 0.124 e. The van der Waals surface area contributed by atoms with Crippen LogP contribution in [0.15, 0.2) is 47.5 Å². The standard InChI is InChI=1S/C14H12INO/c1-10-2-7-14(17)11(8-10)9-16-13-5-3-12(15)4-6-13/h2-9,17H,1H3. The first kappa shape index (κ1) is 12.1. The molecule has 0 saturated carbocycles. The number of benzene rings is 2. The molecular formula is C14H12INO. The fourth-order valence-corrected chi connectivity index (χ4v) is 1.81. The van der Waals surface area contributed by atoms with Gasteiger partial charge in [-0.15, -0.1) is 0 Å². The average molecular weight is 337 g/mol. The molecule has 2 nitrogen and oxygen atoms in total. The van der Waals surface area contributed by atoms with E-state index < -0.39 is 0 Å². The third kappa shape index (κ3) is 3.30. The molecule has 3 heteroatoms. The lowest BCUT2D eigenvalue weighted by Gasteiger charge is -2.00. The topological polar surface area (TPSA) is 32.6 Å². The van der Waals surface area contributed by atoms with Crippen molar-refractivity contribution in [1.29, 1.82) is 0 Å². The molecule has 17 heavy (non-hydrogen) atoms. The molecule has 86 valence electrons. The van der Waals surface area contributed by atoms with Crippen molar-refractivity contribution in [1.82, 2.24) is 0 Å². The Morgan fingerprint density at radius 1 is 1.12 bits per heavy atom. The number of phenols is 1.